The molecule has 0 bridgehead atoms. The summed E-state index contributed by atoms with van der Waals surface area (Å²) >= 11 is -2.55. The Hall–Kier alpha value is -1.24. The van der Waals surface area contributed by atoms with E-state index in [0.717, 1.165) is 0 Å². The Morgan fingerprint density at radius 1 is 1.38 bits per heavy atom. The lowest BCUT2D eigenvalue weighted by molar-refractivity contribution is 0.0600. The number of esters is 1. The lowest BCUT2D eigenvalue weighted by atomic mass is 10.1. The number of rotatable bonds is 4. The Labute approximate surface area is 95.9 Å². The third kappa shape index (κ3) is 3.41. The van der Waals surface area contributed by atoms with Gasteiger partial charge in [-0.1, -0.05) is 12.1 Å². The molecule has 0 spiro atoms. The van der Waals surface area contributed by atoms with Gasteiger partial charge in [0, 0.05) is 0 Å². The number of hydrogen-bond donors (Lipinski definition) is 0. The summed E-state index contributed by atoms with van der Waals surface area (Å²) in [6.07, 6.45) is -0.579. The van der Waals surface area contributed by atoms with Gasteiger partial charge in [0.2, 0.25) is 0 Å². The minimum atomic E-state index is -2.55. The highest BCUT2D eigenvalue weighted by Gasteiger charge is 2.09. The molecular formula is C10H11O5S-. The van der Waals surface area contributed by atoms with Gasteiger partial charge >= 0.3 is 5.97 Å². The molecule has 0 aliphatic carbocycles. The summed E-state index contributed by atoms with van der Waals surface area (Å²) < 4.78 is 29.7. The van der Waals surface area contributed by atoms with Crippen LogP contribution in [0.3, 0.4) is 0 Å². The smallest absolute Gasteiger partial charge is 0.337 e. The average molecular weight is 243 g/mol. The molecule has 2 atom stereocenters. The van der Waals surface area contributed by atoms with Gasteiger partial charge in [0.1, 0.15) is 0 Å². The van der Waals surface area contributed by atoms with Crippen LogP contribution in [0.4, 0.5) is 0 Å². The lowest BCUT2D eigenvalue weighted by Gasteiger charge is -2.14. The van der Waals surface area contributed by atoms with Crippen LogP contribution in [0.25, 0.3) is 0 Å². The van der Waals surface area contributed by atoms with E-state index in [1.54, 1.807) is 31.2 Å². The number of benzene rings is 1. The highest BCUT2D eigenvalue weighted by Crippen LogP contribution is 2.18. The van der Waals surface area contributed by atoms with Gasteiger partial charge in [-0.3, -0.25) is 4.18 Å². The van der Waals surface area contributed by atoms with Gasteiger partial charge < -0.3 is 9.29 Å². The Morgan fingerprint density at radius 2 is 1.94 bits per heavy atom. The average Bonchev–Trinajstić information content (AvgIpc) is 2.27. The fourth-order valence-electron chi connectivity index (χ4n) is 1.18. The molecule has 5 nitrogen and oxygen atoms in total. The molecule has 16 heavy (non-hydrogen) atoms. The number of carbonyl (C=O) groups is 1. The van der Waals surface area contributed by atoms with E-state index in [0.29, 0.717) is 11.1 Å². The van der Waals surface area contributed by atoms with E-state index in [9.17, 15) is 13.6 Å². The van der Waals surface area contributed by atoms with Crippen LogP contribution in [0.1, 0.15) is 28.9 Å². The lowest BCUT2D eigenvalue weighted by Crippen LogP contribution is -2.04. The van der Waals surface area contributed by atoms with Crippen molar-refractivity contribution < 1.29 is 22.5 Å². The van der Waals surface area contributed by atoms with Crippen molar-refractivity contribution in [2.45, 2.75) is 13.0 Å². The second kappa shape index (κ2) is 5.74. The third-order valence-electron chi connectivity index (χ3n) is 2.02. The van der Waals surface area contributed by atoms with Crippen molar-refractivity contribution in [3.63, 3.8) is 0 Å². The molecule has 0 N–H and O–H groups in total. The second-order valence-corrected chi connectivity index (χ2v) is 3.66. The van der Waals surface area contributed by atoms with Crippen molar-refractivity contribution in [2.24, 2.45) is 0 Å². The molecule has 2 unspecified atom stereocenters. The molecule has 88 valence electrons. The quantitative estimate of drug-likeness (QED) is 0.589. The van der Waals surface area contributed by atoms with Gasteiger partial charge in [0.15, 0.2) is 0 Å². The standard InChI is InChI=1S/C10H12O5S/c1-7(15-16(12)13)8-3-5-9(6-4-8)10(11)14-2/h3-7H,1-2H3,(H,12,13)/p-1. The monoisotopic (exact) mass is 243 g/mol. The summed E-state index contributed by atoms with van der Waals surface area (Å²) in [7, 11) is 1.29. The minimum absolute atomic E-state index is 0.404. The summed E-state index contributed by atoms with van der Waals surface area (Å²) in [6.45, 7) is 1.60. The first-order valence-corrected chi connectivity index (χ1v) is 5.49. The number of methoxy groups -OCH3 is 1. The molecule has 6 heteroatoms. The van der Waals surface area contributed by atoms with Gasteiger partial charge in [-0.2, -0.15) is 0 Å². The number of carbonyl (C=O) groups excluding carboxylic acids is 1. The van der Waals surface area contributed by atoms with E-state index >= 15 is 0 Å². The van der Waals surface area contributed by atoms with Crippen LogP contribution in [0, 0.1) is 0 Å². The van der Waals surface area contributed by atoms with Crippen molar-refractivity contribution in [3.05, 3.63) is 35.4 Å². The van der Waals surface area contributed by atoms with Gasteiger partial charge in [0.25, 0.3) is 0 Å². The first-order valence-electron chi connectivity index (χ1n) is 4.49. The maximum Gasteiger partial charge on any atom is 0.337 e. The Balaban J connectivity index is 2.78. The first kappa shape index (κ1) is 12.8. The van der Waals surface area contributed by atoms with Crippen molar-refractivity contribution >= 4 is 17.3 Å². The van der Waals surface area contributed by atoms with Gasteiger partial charge in [0.05, 0.1) is 30.1 Å². The Kier molecular flexibility index (Phi) is 4.60. The van der Waals surface area contributed by atoms with Crippen molar-refractivity contribution in [3.8, 4) is 0 Å². The second-order valence-electron chi connectivity index (χ2n) is 3.06. The summed E-state index contributed by atoms with van der Waals surface area (Å²) in [4.78, 5) is 11.1. The highest BCUT2D eigenvalue weighted by atomic mass is 32.2. The Bertz CT molecular complexity index is 387. The molecule has 1 aromatic rings. The minimum Gasteiger partial charge on any atom is -0.750 e. The normalized spacial score (nSPS) is 14.2. The van der Waals surface area contributed by atoms with Crippen LogP contribution >= 0.6 is 0 Å². The van der Waals surface area contributed by atoms with Crippen LogP contribution in [-0.2, 0) is 20.3 Å². The maximum atomic E-state index is 11.1. The third-order valence-corrected chi connectivity index (χ3v) is 2.47. The van der Waals surface area contributed by atoms with E-state index in [2.05, 4.69) is 8.92 Å². The summed E-state index contributed by atoms with van der Waals surface area (Å²) in [5.41, 5.74) is 1.07. The zero-order valence-corrected chi connectivity index (χ0v) is 9.65. The van der Waals surface area contributed by atoms with Crippen LogP contribution < -0.4 is 0 Å². The van der Waals surface area contributed by atoms with Crippen molar-refractivity contribution in [1.82, 2.24) is 0 Å². The topological polar surface area (TPSA) is 75.7 Å². The van der Waals surface area contributed by atoms with Gasteiger partial charge in [-0.05, 0) is 24.6 Å². The van der Waals surface area contributed by atoms with Crippen molar-refractivity contribution in [2.75, 3.05) is 7.11 Å². The molecule has 1 rings (SSSR count). The molecule has 1 aromatic carbocycles. The molecule has 0 saturated carbocycles. The van der Waals surface area contributed by atoms with Crippen LogP contribution in [0.2, 0.25) is 0 Å². The SMILES string of the molecule is COC(=O)c1ccc(C(C)OS(=O)[O-])cc1. The summed E-state index contributed by atoms with van der Waals surface area (Å²) in [6, 6.07) is 6.33. The molecule has 0 aliphatic heterocycles. The molecule has 0 saturated heterocycles. The molecule has 0 fully saturated rings. The fourth-order valence-corrected chi connectivity index (χ4v) is 1.53. The van der Waals surface area contributed by atoms with E-state index in [4.69, 9.17) is 0 Å². The molecule has 0 amide bonds. The Morgan fingerprint density at radius 3 is 2.38 bits per heavy atom. The number of hydrogen-bond acceptors (Lipinski definition) is 5. The summed E-state index contributed by atoms with van der Waals surface area (Å²) in [5, 5.41) is 0. The molecule has 0 aromatic heterocycles. The van der Waals surface area contributed by atoms with Crippen LogP contribution in [0.5, 0.6) is 0 Å². The number of ether oxygens (including phenoxy) is 1. The van der Waals surface area contributed by atoms with Gasteiger partial charge in [-0.15, -0.1) is 0 Å². The van der Waals surface area contributed by atoms with E-state index in [1.807, 2.05) is 0 Å². The first-order chi connectivity index (χ1) is 7.54. The zero-order valence-electron chi connectivity index (χ0n) is 8.84. The molecule has 0 heterocycles. The molecule has 0 aliphatic rings. The van der Waals surface area contributed by atoms with Crippen molar-refractivity contribution in [1.29, 1.82) is 0 Å². The van der Waals surface area contributed by atoms with Gasteiger partial charge in [-0.25, -0.2) is 9.00 Å². The molecular weight excluding hydrogens is 232 g/mol. The predicted molar refractivity (Wildman–Crippen MR) is 56.2 cm³/mol. The largest absolute Gasteiger partial charge is 0.750 e. The fraction of sp³-hybridized carbons (Fsp3) is 0.300. The van der Waals surface area contributed by atoms with E-state index in [-0.39, 0.29) is 0 Å². The maximum absolute atomic E-state index is 11.1. The van der Waals surface area contributed by atoms with E-state index in [1.165, 1.54) is 7.11 Å². The predicted octanol–water partition coefficient (Wildman–Crippen LogP) is 1.34. The van der Waals surface area contributed by atoms with Crippen LogP contribution in [0.15, 0.2) is 24.3 Å². The molecule has 0 radical (unpaired) electrons. The van der Waals surface area contributed by atoms with Crippen LogP contribution in [-0.4, -0.2) is 21.8 Å². The van der Waals surface area contributed by atoms with E-state index < -0.39 is 23.4 Å². The highest BCUT2D eigenvalue weighted by molar-refractivity contribution is 7.74. The summed E-state index contributed by atoms with van der Waals surface area (Å²) in [5.74, 6) is -0.437. The zero-order chi connectivity index (χ0) is 12.1.